The van der Waals surface area contributed by atoms with Gasteiger partial charge in [0.1, 0.15) is 0 Å². The molecule has 0 saturated carbocycles. The zero-order valence-corrected chi connectivity index (χ0v) is 9.76. The van der Waals surface area contributed by atoms with Gasteiger partial charge in [-0.1, -0.05) is 0 Å². The highest BCUT2D eigenvalue weighted by atomic mass is 16.6. The number of amides is 1. The maximum Gasteiger partial charge on any atom is 0.374 e. The van der Waals surface area contributed by atoms with Crippen LogP contribution in [-0.4, -0.2) is 38.2 Å². The highest BCUT2D eigenvalue weighted by Gasteiger charge is 2.19. The van der Waals surface area contributed by atoms with Crippen LogP contribution in [0.4, 0.5) is 0 Å². The molecule has 6 heteroatoms. The first-order valence-electron chi connectivity index (χ1n) is 5.16. The van der Waals surface area contributed by atoms with Gasteiger partial charge in [0.05, 0.1) is 12.9 Å². The number of esters is 1. The van der Waals surface area contributed by atoms with Crippen LogP contribution in [0.25, 0.3) is 0 Å². The summed E-state index contributed by atoms with van der Waals surface area (Å²) >= 11 is 0. The fraction of sp³-hybridized carbons (Fsp3) is 0.455. The van der Waals surface area contributed by atoms with E-state index in [1.807, 2.05) is 0 Å². The van der Waals surface area contributed by atoms with Crippen molar-refractivity contribution in [3.05, 3.63) is 24.2 Å². The van der Waals surface area contributed by atoms with Crippen molar-refractivity contribution < 1.29 is 23.5 Å². The lowest BCUT2D eigenvalue weighted by atomic mass is 10.3. The lowest BCUT2D eigenvalue weighted by molar-refractivity contribution is -0.129. The summed E-state index contributed by atoms with van der Waals surface area (Å²) in [4.78, 5) is 22.9. The van der Waals surface area contributed by atoms with E-state index in [4.69, 9.17) is 13.9 Å². The van der Waals surface area contributed by atoms with Crippen LogP contribution in [-0.2, 0) is 14.3 Å². The number of furan rings is 1. The van der Waals surface area contributed by atoms with Crippen molar-refractivity contribution in [3.63, 3.8) is 0 Å². The van der Waals surface area contributed by atoms with Gasteiger partial charge >= 0.3 is 5.97 Å². The molecular formula is C11H15NO5. The van der Waals surface area contributed by atoms with Crippen molar-refractivity contribution in [2.24, 2.45) is 0 Å². The summed E-state index contributed by atoms with van der Waals surface area (Å²) in [7, 11) is 1.53. The second-order valence-electron chi connectivity index (χ2n) is 3.31. The smallest absolute Gasteiger partial charge is 0.374 e. The van der Waals surface area contributed by atoms with E-state index in [-0.39, 0.29) is 11.7 Å². The third-order valence-electron chi connectivity index (χ3n) is 1.98. The van der Waals surface area contributed by atoms with E-state index in [1.54, 1.807) is 6.07 Å². The topological polar surface area (TPSA) is 77.8 Å². The third-order valence-corrected chi connectivity index (χ3v) is 1.98. The van der Waals surface area contributed by atoms with Crippen LogP contribution in [0.5, 0.6) is 0 Å². The van der Waals surface area contributed by atoms with E-state index in [0.29, 0.717) is 13.2 Å². The molecule has 1 aromatic rings. The summed E-state index contributed by atoms with van der Waals surface area (Å²) < 4.78 is 14.5. The molecule has 1 heterocycles. The lowest BCUT2D eigenvalue weighted by Crippen LogP contribution is -2.37. The molecule has 1 atom stereocenters. The van der Waals surface area contributed by atoms with Crippen molar-refractivity contribution in [1.82, 2.24) is 5.32 Å². The van der Waals surface area contributed by atoms with Gasteiger partial charge in [0, 0.05) is 13.7 Å². The summed E-state index contributed by atoms with van der Waals surface area (Å²) in [6.45, 7) is 2.27. The molecule has 94 valence electrons. The average molecular weight is 241 g/mol. The van der Waals surface area contributed by atoms with Crippen LogP contribution in [0.1, 0.15) is 17.5 Å². The molecule has 0 unspecified atom stereocenters. The Morgan fingerprint density at radius 1 is 1.53 bits per heavy atom. The van der Waals surface area contributed by atoms with Crippen LogP contribution in [0.3, 0.4) is 0 Å². The average Bonchev–Trinajstić information content (AvgIpc) is 2.82. The van der Waals surface area contributed by atoms with Crippen molar-refractivity contribution in [2.45, 2.75) is 13.0 Å². The lowest BCUT2D eigenvalue weighted by Gasteiger charge is -2.12. The Bertz CT molecular complexity index is 360. The van der Waals surface area contributed by atoms with Crippen molar-refractivity contribution in [3.8, 4) is 0 Å². The minimum absolute atomic E-state index is 0.0709. The van der Waals surface area contributed by atoms with Gasteiger partial charge in [-0.2, -0.15) is 0 Å². The zero-order valence-electron chi connectivity index (χ0n) is 9.76. The van der Waals surface area contributed by atoms with E-state index in [0.717, 1.165) is 0 Å². The summed E-state index contributed by atoms with van der Waals surface area (Å²) in [5, 5.41) is 2.56. The van der Waals surface area contributed by atoms with E-state index in [9.17, 15) is 9.59 Å². The number of hydrogen-bond acceptors (Lipinski definition) is 5. The quantitative estimate of drug-likeness (QED) is 0.582. The molecule has 6 nitrogen and oxygen atoms in total. The van der Waals surface area contributed by atoms with Gasteiger partial charge < -0.3 is 19.2 Å². The highest BCUT2D eigenvalue weighted by Crippen LogP contribution is 2.04. The number of ether oxygens (including phenoxy) is 2. The van der Waals surface area contributed by atoms with Crippen molar-refractivity contribution >= 4 is 11.9 Å². The molecule has 0 saturated heterocycles. The van der Waals surface area contributed by atoms with Gasteiger partial charge in [0.2, 0.25) is 5.76 Å². The molecule has 0 radical (unpaired) electrons. The molecule has 0 aliphatic heterocycles. The highest BCUT2D eigenvalue weighted by molar-refractivity contribution is 5.89. The van der Waals surface area contributed by atoms with Crippen molar-refractivity contribution in [2.75, 3.05) is 20.3 Å². The maximum absolute atomic E-state index is 11.4. The van der Waals surface area contributed by atoms with Gasteiger partial charge in [-0.05, 0) is 19.1 Å². The number of carbonyl (C=O) groups is 2. The van der Waals surface area contributed by atoms with Crippen LogP contribution < -0.4 is 5.32 Å². The first-order chi connectivity index (χ1) is 8.15. The molecule has 0 aromatic carbocycles. The van der Waals surface area contributed by atoms with E-state index in [2.05, 4.69) is 5.32 Å². The SMILES string of the molecule is COCCNC(=O)[C@H](C)OC(=O)c1ccco1. The van der Waals surface area contributed by atoms with Crippen molar-refractivity contribution in [1.29, 1.82) is 0 Å². The molecule has 0 aliphatic carbocycles. The third kappa shape index (κ3) is 4.28. The van der Waals surface area contributed by atoms with Crippen LogP contribution in [0, 0.1) is 0 Å². The molecule has 17 heavy (non-hydrogen) atoms. The number of methoxy groups -OCH3 is 1. The molecule has 1 aromatic heterocycles. The van der Waals surface area contributed by atoms with Gasteiger partial charge in [-0.25, -0.2) is 4.79 Å². The maximum atomic E-state index is 11.4. The molecule has 0 spiro atoms. The Morgan fingerprint density at radius 3 is 2.88 bits per heavy atom. The number of rotatable bonds is 6. The van der Waals surface area contributed by atoms with Crippen LogP contribution >= 0.6 is 0 Å². The predicted molar refractivity (Wildman–Crippen MR) is 58.5 cm³/mol. The van der Waals surface area contributed by atoms with E-state index < -0.39 is 12.1 Å². The number of carbonyl (C=O) groups excluding carboxylic acids is 2. The molecule has 0 aliphatic rings. The summed E-state index contributed by atoms with van der Waals surface area (Å²) in [6, 6.07) is 3.04. The molecule has 1 N–H and O–H groups in total. The monoisotopic (exact) mass is 241 g/mol. The molecule has 0 fully saturated rings. The fourth-order valence-corrected chi connectivity index (χ4v) is 1.09. The predicted octanol–water partition coefficient (Wildman–Crippen LogP) is 0.587. The fourth-order valence-electron chi connectivity index (χ4n) is 1.09. The first-order valence-corrected chi connectivity index (χ1v) is 5.16. The molecule has 1 amide bonds. The zero-order chi connectivity index (χ0) is 12.7. The summed E-state index contributed by atoms with van der Waals surface area (Å²) in [5.74, 6) is -0.965. The van der Waals surface area contributed by atoms with E-state index in [1.165, 1.54) is 26.4 Å². The van der Waals surface area contributed by atoms with Gasteiger partial charge in [-0.3, -0.25) is 4.79 Å². The molecule has 1 rings (SSSR count). The minimum Gasteiger partial charge on any atom is -0.457 e. The molecular weight excluding hydrogens is 226 g/mol. The van der Waals surface area contributed by atoms with E-state index >= 15 is 0 Å². The van der Waals surface area contributed by atoms with Gasteiger partial charge in [0.15, 0.2) is 6.10 Å². The Balaban J connectivity index is 2.35. The standard InChI is InChI=1S/C11H15NO5/c1-8(10(13)12-5-7-15-2)17-11(14)9-4-3-6-16-9/h3-4,6,8H,5,7H2,1-2H3,(H,12,13)/t8-/m0/s1. The van der Waals surface area contributed by atoms with Gasteiger partial charge in [0.25, 0.3) is 5.91 Å². The second-order valence-corrected chi connectivity index (χ2v) is 3.31. The Hall–Kier alpha value is -1.82. The number of hydrogen-bond donors (Lipinski definition) is 1. The second kappa shape index (κ2) is 6.70. The summed E-state index contributed by atoms with van der Waals surface area (Å²) in [5.41, 5.74) is 0. The Labute approximate surface area is 98.9 Å². The number of nitrogens with one attached hydrogen (secondary N) is 1. The van der Waals surface area contributed by atoms with Crippen LogP contribution in [0.2, 0.25) is 0 Å². The Kier molecular flexibility index (Phi) is 5.22. The van der Waals surface area contributed by atoms with Gasteiger partial charge in [-0.15, -0.1) is 0 Å². The van der Waals surface area contributed by atoms with Crippen LogP contribution in [0.15, 0.2) is 22.8 Å². The first kappa shape index (κ1) is 13.2. The Morgan fingerprint density at radius 2 is 2.29 bits per heavy atom. The molecule has 0 bridgehead atoms. The normalized spacial score (nSPS) is 11.9. The largest absolute Gasteiger partial charge is 0.457 e. The summed E-state index contributed by atoms with van der Waals surface area (Å²) in [6.07, 6.45) is 0.490. The minimum atomic E-state index is -0.871.